The van der Waals surface area contributed by atoms with E-state index in [9.17, 15) is 0 Å². The van der Waals surface area contributed by atoms with Crippen molar-refractivity contribution < 1.29 is 26.4 Å². The van der Waals surface area contributed by atoms with Crippen molar-refractivity contribution in [3.8, 4) is 0 Å². The molecule has 0 fully saturated rings. The van der Waals surface area contributed by atoms with Crippen LogP contribution in [0.1, 0.15) is 0 Å². The maximum absolute atomic E-state index is 7.50. The third-order valence-electron chi connectivity index (χ3n) is 0.351. The Morgan fingerprint density at radius 3 is 1.33 bits per heavy atom. The fourth-order valence-corrected chi connectivity index (χ4v) is 0.180. The molecule has 0 saturated carbocycles. The van der Waals surface area contributed by atoms with Crippen molar-refractivity contribution >= 4 is 12.6 Å². The van der Waals surface area contributed by atoms with Crippen molar-refractivity contribution in [1.82, 2.24) is 0 Å². The standard InChI is InChI=1S/C5H.2CO.CH4S.Fe/c1-2-4-5-3-1;3*1-2;/h1H;;;2H,1H3;/q-5;;;;/p-1. The van der Waals surface area contributed by atoms with Crippen molar-refractivity contribution in [1.29, 1.82) is 0 Å². The molecule has 0 aromatic heterocycles. The van der Waals surface area contributed by atoms with Crippen LogP contribution < -0.4 is 0 Å². The van der Waals surface area contributed by atoms with Gasteiger partial charge in [-0.15, -0.1) is 0 Å². The molecule has 1 rings (SSSR count). The summed E-state index contributed by atoms with van der Waals surface area (Å²) in [5.74, 6) is 0. The fourth-order valence-electron chi connectivity index (χ4n) is 0.180. The van der Waals surface area contributed by atoms with Crippen molar-refractivity contribution in [3.05, 3.63) is 43.6 Å². The molecule has 1 aromatic rings. The predicted octanol–water partition coefficient (Wildman–Crippen LogP) is 0.692. The van der Waals surface area contributed by atoms with Gasteiger partial charge >= 0.3 is 22.6 Å². The van der Waals surface area contributed by atoms with E-state index in [4.69, 9.17) is 9.30 Å². The van der Waals surface area contributed by atoms with E-state index in [0.717, 1.165) is 0 Å². The minimum atomic E-state index is 0. The summed E-state index contributed by atoms with van der Waals surface area (Å²) in [4.78, 5) is 0. The first-order chi connectivity index (χ1) is 5.50. The quantitative estimate of drug-likeness (QED) is 0.274. The summed E-state index contributed by atoms with van der Waals surface area (Å²) in [6.45, 7) is 9.00. The number of hydrogen-bond acceptors (Lipinski definition) is 1. The second-order valence-electron chi connectivity index (χ2n) is 0.683. The minimum Gasteiger partial charge on any atom is -0.999 e. The third-order valence-corrected chi connectivity index (χ3v) is 0.351. The van der Waals surface area contributed by atoms with Gasteiger partial charge in [-0.2, -0.15) is 6.26 Å². The molecule has 0 bridgehead atoms. The molecule has 0 unspecified atom stereocenters. The van der Waals surface area contributed by atoms with Crippen LogP contribution >= 0.6 is 0 Å². The van der Waals surface area contributed by atoms with Crippen molar-refractivity contribution in [3.63, 3.8) is 0 Å². The molecule has 2 nitrogen and oxygen atoms in total. The third kappa shape index (κ3) is 33.2. The molecule has 0 amide bonds. The molecular weight excluding hydrogens is 216 g/mol. The summed E-state index contributed by atoms with van der Waals surface area (Å²) in [5, 5.41) is 0. The zero-order valence-electron chi connectivity index (χ0n) is 6.16. The van der Waals surface area contributed by atoms with E-state index in [1.807, 2.05) is 0 Å². The van der Waals surface area contributed by atoms with Crippen molar-refractivity contribution in [2.24, 2.45) is 0 Å². The average Bonchev–Trinajstić information content (AvgIpc) is 2.71. The molecule has 0 N–H and O–H groups in total. The Balaban J connectivity index is -0.0000000406. The van der Waals surface area contributed by atoms with Gasteiger partial charge in [0.05, 0.1) is 0 Å². The van der Waals surface area contributed by atoms with Crippen LogP contribution in [-0.4, -0.2) is 6.26 Å². The van der Waals surface area contributed by atoms with Crippen LogP contribution in [0.15, 0.2) is 6.07 Å². The van der Waals surface area contributed by atoms with Crippen LogP contribution in [0.4, 0.5) is 0 Å². The summed E-state index contributed by atoms with van der Waals surface area (Å²) in [5.41, 5.74) is 0. The second-order valence-corrected chi connectivity index (χ2v) is 0.683. The smallest absolute Gasteiger partial charge is 0 e. The normalized spacial score (nSPS) is 4.17. The van der Waals surface area contributed by atoms with E-state index in [0.29, 0.717) is 0 Å². The summed E-state index contributed by atoms with van der Waals surface area (Å²) < 4.78 is 15.0. The zero-order valence-corrected chi connectivity index (χ0v) is 8.08. The van der Waals surface area contributed by atoms with Crippen LogP contribution in [0, 0.1) is 37.6 Å². The Labute approximate surface area is 89.0 Å². The Bertz CT molecular complexity index is 123. The molecule has 12 heavy (non-hydrogen) atoms. The molecule has 0 atom stereocenters. The van der Waals surface area contributed by atoms with Gasteiger partial charge in [0.25, 0.3) is 0 Å². The second kappa shape index (κ2) is 45.6. The zero-order chi connectivity index (χ0) is 9.54. The maximum atomic E-state index is 7.50. The molecule has 0 heterocycles. The predicted molar refractivity (Wildman–Crippen MR) is 38.5 cm³/mol. The van der Waals surface area contributed by atoms with Gasteiger partial charge in [0.1, 0.15) is 0 Å². The van der Waals surface area contributed by atoms with E-state index in [1.165, 1.54) is 0 Å². The molecular formula is C8H4FeO2S-6. The molecule has 4 heteroatoms. The summed E-state index contributed by atoms with van der Waals surface area (Å²) in [6.07, 6.45) is 1.58. The van der Waals surface area contributed by atoms with Gasteiger partial charge in [-0.05, 0) is 0 Å². The molecule has 0 aliphatic rings. The van der Waals surface area contributed by atoms with Crippen LogP contribution in [0.3, 0.4) is 0 Å². The van der Waals surface area contributed by atoms with Gasteiger partial charge in [-0.25, -0.2) is 0 Å². The monoisotopic (exact) mass is 220 g/mol. The van der Waals surface area contributed by atoms with Gasteiger partial charge in [0.2, 0.25) is 0 Å². The largest absolute Gasteiger partial charge is 0.999 e. The Kier molecular flexibility index (Phi) is 85.8. The van der Waals surface area contributed by atoms with Crippen molar-refractivity contribution in [2.45, 2.75) is 0 Å². The molecule has 0 saturated heterocycles. The molecule has 0 radical (unpaired) electrons. The van der Waals surface area contributed by atoms with E-state index in [2.05, 4.69) is 50.2 Å². The summed E-state index contributed by atoms with van der Waals surface area (Å²) in [7, 11) is 0. The van der Waals surface area contributed by atoms with E-state index < -0.39 is 0 Å². The maximum Gasteiger partial charge on any atom is 0 e. The summed E-state index contributed by atoms with van der Waals surface area (Å²) >= 11 is 4.08. The van der Waals surface area contributed by atoms with E-state index >= 15 is 0 Å². The minimum absolute atomic E-state index is 0. The average molecular weight is 220 g/mol. The molecule has 0 aliphatic carbocycles. The molecule has 1 aromatic carbocycles. The van der Waals surface area contributed by atoms with Crippen LogP contribution in [-0.2, 0) is 39.0 Å². The first kappa shape index (κ1) is 22.6. The van der Waals surface area contributed by atoms with Gasteiger partial charge in [0, 0.05) is 17.1 Å². The Morgan fingerprint density at radius 2 is 1.25 bits per heavy atom. The fraction of sp³-hybridized carbons (Fsp3) is 0.125. The molecule has 0 aliphatic heterocycles. The van der Waals surface area contributed by atoms with E-state index in [-0.39, 0.29) is 17.1 Å². The van der Waals surface area contributed by atoms with Gasteiger partial charge in [-0.1, -0.05) is 0 Å². The Morgan fingerprint density at radius 1 is 1.00 bits per heavy atom. The first-order valence-corrected chi connectivity index (χ1v) is 2.96. The van der Waals surface area contributed by atoms with Gasteiger partial charge in [0.15, 0.2) is 0 Å². The SMILES string of the molecule is C[S-].[C-]#[O+].[C-]#[O+].[Fe].[c-]1[c-][c-][cH-][c-]1. The molecule has 0 spiro atoms. The van der Waals surface area contributed by atoms with Gasteiger partial charge < -0.3 is 43.0 Å². The topological polar surface area (TPSA) is 39.8 Å². The van der Waals surface area contributed by atoms with Crippen LogP contribution in [0.25, 0.3) is 0 Å². The first-order valence-electron chi connectivity index (χ1n) is 2.14. The summed E-state index contributed by atoms with van der Waals surface area (Å²) in [6, 6.07) is 12.0. The van der Waals surface area contributed by atoms with Gasteiger partial charge in [-0.3, -0.25) is 0 Å². The van der Waals surface area contributed by atoms with Crippen LogP contribution in [0.5, 0.6) is 0 Å². The van der Waals surface area contributed by atoms with E-state index in [1.54, 1.807) is 12.3 Å². The van der Waals surface area contributed by atoms with Crippen LogP contribution in [0.2, 0.25) is 0 Å². The molecule has 68 valence electrons. The van der Waals surface area contributed by atoms with Crippen molar-refractivity contribution in [2.75, 3.05) is 6.26 Å². The number of rotatable bonds is 0. The Hall–Kier alpha value is -0.301. The number of hydrogen-bond donors (Lipinski definition) is 0.